The van der Waals surface area contributed by atoms with E-state index in [1.807, 2.05) is 13.8 Å². The number of nitrogens with two attached hydrogens (primary N) is 1. The first kappa shape index (κ1) is 14.1. The lowest BCUT2D eigenvalue weighted by Crippen LogP contribution is -2.26. The molecule has 2 atom stereocenters. The molecular formula is C11H21N3O3. The van der Waals surface area contributed by atoms with Gasteiger partial charge in [-0.25, -0.2) is 0 Å². The lowest BCUT2D eigenvalue weighted by atomic mass is 10.0. The maximum absolute atomic E-state index is 5.54. The largest absolute Gasteiger partial charge is 0.380 e. The molecule has 2 unspecified atom stereocenters. The van der Waals surface area contributed by atoms with Crippen molar-refractivity contribution in [2.45, 2.75) is 38.4 Å². The Kier molecular flexibility index (Phi) is 5.04. The quantitative estimate of drug-likeness (QED) is 0.764. The molecule has 17 heavy (non-hydrogen) atoms. The molecule has 0 radical (unpaired) electrons. The number of rotatable bonds is 7. The number of hydrogen-bond acceptors (Lipinski definition) is 6. The first-order chi connectivity index (χ1) is 8.09. The van der Waals surface area contributed by atoms with Crippen LogP contribution in [-0.2, 0) is 21.5 Å². The van der Waals surface area contributed by atoms with Crippen molar-refractivity contribution >= 4 is 0 Å². The smallest absolute Gasteiger partial charge is 0.229 e. The Bertz CT molecular complexity index is 332. The van der Waals surface area contributed by atoms with Gasteiger partial charge < -0.3 is 19.7 Å². The van der Waals surface area contributed by atoms with Gasteiger partial charge in [0.1, 0.15) is 5.60 Å². The molecule has 0 spiro atoms. The third kappa shape index (κ3) is 3.24. The molecule has 1 rings (SSSR count). The summed E-state index contributed by atoms with van der Waals surface area (Å²) < 4.78 is 15.7. The second-order valence-corrected chi connectivity index (χ2v) is 4.10. The van der Waals surface area contributed by atoms with Crippen LogP contribution < -0.4 is 5.73 Å². The van der Waals surface area contributed by atoms with Gasteiger partial charge in [-0.05, 0) is 13.3 Å². The first-order valence-corrected chi connectivity index (χ1v) is 5.70. The number of ether oxygens (including phenoxy) is 2. The topological polar surface area (TPSA) is 83.4 Å². The molecule has 0 bridgehead atoms. The van der Waals surface area contributed by atoms with Gasteiger partial charge in [0.25, 0.3) is 0 Å². The first-order valence-electron chi connectivity index (χ1n) is 5.70. The maximum atomic E-state index is 5.54. The predicted molar refractivity (Wildman–Crippen MR) is 62.5 cm³/mol. The van der Waals surface area contributed by atoms with E-state index >= 15 is 0 Å². The van der Waals surface area contributed by atoms with Crippen LogP contribution in [0.15, 0.2) is 4.52 Å². The second kappa shape index (κ2) is 6.09. The highest BCUT2D eigenvalue weighted by atomic mass is 16.5. The van der Waals surface area contributed by atoms with Crippen LogP contribution in [-0.4, -0.2) is 37.0 Å². The maximum Gasteiger partial charge on any atom is 0.229 e. The lowest BCUT2D eigenvalue weighted by molar-refractivity contribution is -0.0106. The van der Waals surface area contributed by atoms with Gasteiger partial charge in [0, 0.05) is 20.8 Å². The van der Waals surface area contributed by atoms with Crippen LogP contribution in [0.5, 0.6) is 0 Å². The van der Waals surface area contributed by atoms with Crippen molar-refractivity contribution < 1.29 is 14.0 Å². The van der Waals surface area contributed by atoms with E-state index in [9.17, 15) is 0 Å². The summed E-state index contributed by atoms with van der Waals surface area (Å²) >= 11 is 0. The number of aromatic nitrogens is 2. The molecular weight excluding hydrogens is 222 g/mol. The van der Waals surface area contributed by atoms with Crippen LogP contribution in [0.3, 0.4) is 0 Å². The Balaban J connectivity index is 2.77. The summed E-state index contributed by atoms with van der Waals surface area (Å²) in [5.41, 5.74) is 5.03. The van der Waals surface area contributed by atoms with E-state index in [-0.39, 0.29) is 6.10 Å². The summed E-state index contributed by atoms with van der Waals surface area (Å²) in [6.07, 6.45) is 1.19. The van der Waals surface area contributed by atoms with E-state index in [0.29, 0.717) is 24.7 Å². The summed E-state index contributed by atoms with van der Waals surface area (Å²) in [5.74, 6) is 1.08. The third-order valence-corrected chi connectivity index (χ3v) is 3.06. The molecule has 2 N–H and O–H groups in total. The van der Waals surface area contributed by atoms with Crippen LogP contribution in [0.25, 0.3) is 0 Å². The fraction of sp³-hybridized carbons (Fsp3) is 0.818. The molecule has 0 saturated carbocycles. The van der Waals surface area contributed by atoms with E-state index in [1.54, 1.807) is 14.2 Å². The van der Waals surface area contributed by atoms with Crippen molar-refractivity contribution in [3.63, 3.8) is 0 Å². The Morgan fingerprint density at radius 2 is 2.18 bits per heavy atom. The van der Waals surface area contributed by atoms with E-state index in [4.69, 9.17) is 19.7 Å². The van der Waals surface area contributed by atoms with Crippen molar-refractivity contribution in [3.8, 4) is 0 Å². The predicted octanol–water partition coefficient (Wildman–Crippen LogP) is 0.857. The Hall–Kier alpha value is -0.980. The molecule has 0 aliphatic rings. The number of nitrogens with zero attached hydrogens (tertiary/aromatic N) is 2. The summed E-state index contributed by atoms with van der Waals surface area (Å²) in [4.78, 5) is 4.32. The minimum absolute atomic E-state index is 0.0984. The van der Waals surface area contributed by atoms with Gasteiger partial charge in [0.05, 0.1) is 12.5 Å². The Morgan fingerprint density at radius 3 is 2.65 bits per heavy atom. The van der Waals surface area contributed by atoms with E-state index in [2.05, 4.69) is 10.1 Å². The number of hydrogen-bond donors (Lipinski definition) is 1. The lowest BCUT2D eigenvalue weighted by Gasteiger charge is -2.21. The van der Waals surface area contributed by atoms with Gasteiger partial charge in [-0.1, -0.05) is 12.1 Å². The molecule has 0 fully saturated rings. The summed E-state index contributed by atoms with van der Waals surface area (Å²) in [7, 11) is 3.25. The molecule has 0 aliphatic heterocycles. The SMILES string of the molecule is CCC(C)(OC)c1noc(CC(CN)OC)n1. The number of methoxy groups -OCH3 is 2. The second-order valence-electron chi connectivity index (χ2n) is 4.10. The molecule has 1 aromatic heterocycles. The molecule has 1 aromatic rings. The van der Waals surface area contributed by atoms with Crippen molar-refractivity contribution in [3.05, 3.63) is 11.7 Å². The minimum atomic E-state index is -0.507. The average molecular weight is 243 g/mol. The van der Waals surface area contributed by atoms with Crippen LogP contribution in [0.4, 0.5) is 0 Å². The van der Waals surface area contributed by atoms with Crippen molar-refractivity contribution in [2.75, 3.05) is 20.8 Å². The minimum Gasteiger partial charge on any atom is -0.380 e. The summed E-state index contributed by atoms with van der Waals surface area (Å²) in [6.45, 7) is 4.36. The van der Waals surface area contributed by atoms with Crippen molar-refractivity contribution in [1.29, 1.82) is 0 Å². The molecule has 0 aliphatic carbocycles. The molecule has 1 heterocycles. The van der Waals surface area contributed by atoms with Crippen LogP contribution >= 0.6 is 0 Å². The zero-order valence-electron chi connectivity index (χ0n) is 10.9. The highest BCUT2D eigenvalue weighted by Gasteiger charge is 2.30. The Labute approximate surface area is 101 Å². The van der Waals surface area contributed by atoms with Crippen LogP contribution in [0.1, 0.15) is 32.0 Å². The fourth-order valence-corrected chi connectivity index (χ4v) is 1.40. The van der Waals surface area contributed by atoms with Crippen LogP contribution in [0, 0.1) is 0 Å². The fourth-order valence-electron chi connectivity index (χ4n) is 1.40. The monoisotopic (exact) mass is 243 g/mol. The van der Waals surface area contributed by atoms with Gasteiger partial charge in [0.15, 0.2) is 0 Å². The molecule has 6 heteroatoms. The van der Waals surface area contributed by atoms with Gasteiger partial charge in [0.2, 0.25) is 11.7 Å². The highest BCUT2D eigenvalue weighted by molar-refractivity contribution is 4.99. The molecule has 6 nitrogen and oxygen atoms in total. The van der Waals surface area contributed by atoms with Crippen molar-refractivity contribution in [1.82, 2.24) is 10.1 Å². The van der Waals surface area contributed by atoms with E-state index in [1.165, 1.54) is 0 Å². The van der Waals surface area contributed by atoms with Gasteiger partial charge >= 0.3 is 0 Å². The third-order valence-electron chi connectivity index (χ3n) is 3.06. The highest BCUT2D eigenvalue weighted by Crippen LogP contribution is 2.25. The van der Waals surface area contributed by atoms with Gasteiger partial charge in [-0.3, -0.25) is 0 Å². The summed E-state index contributed by atoms with van der Waals surface area (Å²) in [5, 5.41) is 3.94. The molecule has 0 amide bonds. The normalized spacial score (nSPS) is 16.8. The van der Waals surface area contributed by atoms with Crippen molar-refractivity contribution in [2.24, 2.45) is 5.73 Å². The Morgan fingerprint density at radius 1 is 1.47 bits per heavy atom. The van der Waals surface area contributed by atoms with Crippen LogP contribution in [0.2, 0.25) is 0 Å². The van der Waals surface area contributed by atoms with Gasteiger partial charge in [-0.2, -0.15) is 4.98 Å². The molecule has 98 valence electrons. The zero-order chi connectivity index (χ0) is 12.9. The van der Waals surface area contributed by atoms with E-state index in [0.717, 1.165) is 6.42 Å². The average Bonchev–Trinajstić information content (AvgIpc) is 2.84. The molecule has 0 aromatic carbocycles. The standard InChI is InChI=1S/C11H21N3O3/c1-5-11(2,16-4)10-13-9(17-14-10)6-8(7-12)15-3/h8H,5-7,12H2,1-4H3. The zero-order valence-corrected chi connectivity index (χ0v) is 10.9. The molecule has 0 saturated heterocycles. The summed E-state index contributed by atoms with van der Waals surface area (Å²) in [6, 6.07) is 0. The van der Waals surface area contributed by atoms with E-state index < -0.39 is 5.60 Å². The van der Waals surface area contributed by atoms with Gasteiger partial charge in [-0.15, -0.1) is 0 Å².